The smallest absolute Gasteiger partial charge is 0.274 e. The third kappa shape index (κ3) is 4.50. The molecule has 0 spiro atoms. The van der Waals surface area contributed by atoms with Crippen LogP contribution >= 0.6 is 24.0 Å². The predicted molar refractivity (Wildman–Crippen MR) is 71.8 cm³/mol. The van der Waals surface area contributed by atoms with Gasteiger partial charge in [-0.3, -0.25) is 10.1 Å². The molecular formula is C11H16Cl2N2O2. The first-order valence-electron chi connectivity index (χ1n) is 5.25. The van der Waals surface area contributed by atoms with Gasteiger partial charge >= 0.3 is 0 Å². The van der Waals surface area contributed by atoms with Gasteiger partial charge in [-0.05, 0) is 18.6 Å². The van der Waals surface area contributed by atoms with E-state index in [0.29, 0.717) is 10.6 Å². The Hall–Kier alpha value is -0.840. The van der Waals surface area contributed by atoms with Crippen molar-refractivity contribution in [3.63, 3.8) is 0 Å². The van der Waals surface area contributed by atoms with Crippen LogP contribution in [-0.2, 0) is 0 Å². The minimum atomic E-state index is -0.419. The number of nitrogens with zero attached hydrogens (tertiary/aromatic N) is 1. The average Bonchev–Trinajstić information content (AvgIpc) is 2.25. The Labute approximate surface area is 112 Å². The van der Waals surface area contributed by atoms with Crippen molar-refractivity contribution in [2.45, 2.75) is 32.2 Å². The first-order chi connectivity index (χ1) is 7.56. The largest absolute Gasteiger partial charge is 0.324 e. The van der Waals surface area contributed by atoms with Crippen molar-refractivity contribution in [1.82, 2.24) is 0 Å². The van der Waals surface area contributed by atoms with Gasteiger partial charge in [0.15, 0.2) is 0 Å². The van der Waals surface area contributed by atoms with E-state index in [9.17, 15) is 10.1 Å². The molecule has 0 aliphatic rings. The van der Waals surface area contributed by atoms with Crippen LogP contribution in [0.3, 0.4) is 0 Å². The molecule has 0 saturated heterocycles. The van der Waals surface area contributed by atoms with Gasteiger partial charge in [-0.1, -0.05) is 31.4 Å². The summed E-state index contributed by atoms with van der Waals surface area (Å²) in [6.45, 7) is 2.05. The second-order valence-electron chi connectivity index (χ2n) is 3.71. The molecule has 0 bridgehead atoms. The maximum Gasteiger partial charge on any atom is 0.274 e. The highest BCUT2D eigenvalue weighted by Gasteiger charge is 2.19. The lowest BCUT2D eigenvalue weighted by atomic mass is 10.0. The fourth-order valence-electron chi connectivity index (χ4n) is 1.57. The average molecular weight is 279 g/mol. The van der Waals surface area contributed by atoms with Crippen molar-refractivity contribution in [3.8, 4) is 0 Å². The Morgan fingerprint density at radius 1 is 1.53 bits per heavy atom. The Kier molecular flexibility index (Phi) is 7.11. The minimum Gasteiger partial charge on any atom is -0.324 e. The molecule has 2 N–H and O–H groups in total. The molecule has 0 radical (unpaired) electrons. The topological polar surface area (TPSA) is 69.2 Å². The van der Waals surface area contributed by atoms with Crippen molar-refractivity contribution < 1.29 is 4.92 Å². The summed E-state index contributed by atoms with van der Waals surface area (Å²) in [6, 6.07) is 4.18. The lowest BCUT2D eigenvalue weighted by molar-refractivity contribution is -0.385. The summed E-state index contributed by atoms with van der Waals surface area (Å²) < 4.78 is 0. The summed E-state index contributed by atoms with van der Waals surface area (Å²) in [5.41, 5.74) is 6.49. The van der Waals surface area contributed by atoms with E-state index in [1.807, 2.05) is 0 Å². The van der Waals surface area contributed by atoms with E-state index in [0.717, 1.165) is 19.3 Å². The maximum atomic E-state index is 10.8. The fraction of sp³-hybridized carbons (Fsp3) is 0.455. The molecule has 0 fully saturated rings. The number of unbranched alkanes of at least 4 members (excludes halogenated alkanes) is 1. The van der Waals surface area contributed by atoms with E-state index in [1.165, 1.54) is 12.1 Å². The quantitative estimate of drug-likeness (QED) is 0.657. The van der Waals surface area contributed by atoms with Crippen molar-refractivity contribution >= 4 is 29.7 Å². The number of rotatable bonds is 5. The summed E-state index contributed by atoms with van der Waals surface area (Å²) in [7, 11) is 0. The summed E-state index contributed by atoms with van der Waals surface area (Å²) in [4.78, 5) is 10.4. The number of nitro groups is 1. The van der Waals surface area contributed by atoms with Crippen LogP contribution in [0.1, 0.15) is 37.8 Å². The highest BCUT2D eigenvalue weighted by Crippen LogP contribution is 2.29. The zero-order chi connectivity index (χ0) is 12.1. The Morgan fingerprint density at radius 2 is 2.18 bits per heavy atom. The number of hydrogen-bond acceptors (Lipinski definition) is 3. The second kappa shape index (κ2) is 7.48. The standard InChI is InChI=1S/C11H15ClN2O2.ClH/c1-2-3-4-10(13)9-7-8(12)5-6-11(9)14(15)16;/h5-7,10H,2-4,13H2,1H3;1H/t10-;/m0./s1. The lowest BCUT2D eigenvalue weighted by Crippen LogP contribution is -2.12. The van der Waals surface area contributed by atoms with Crippen LogP contribution in [-0.4, -0.2) is 4.92 Å². The first kappa shape index (κ1) is 16.2. The van der Waals surface area contributed by atoms with Crippen molar-refractivity contribution in [1.29, 1.82) is 0 Å². The summed E-state index contributed by atoms with van der Waals surface area (Å²) in [6.07, 6.45) is 2.70. The van der Waals surface area contributed by atoms with Gasteiger partial charge in [0.25, 0.3) is 5.69 Å². The third-order valence-electron chi connectivity index (χ3n) is 2.45. The molecule has 0 heterocycles. The number of nitro benzene ring substituents is 1. The third-order valence-corrected chi connectivity index (χ3v) is 2.69. The molecule has 0 aromatic heterocycles. The molecule has 1 atom stereocenters. The number of halogens is 2. The molecule has 1 aromatic rings. The molecule has 0 aliphatic carbocycles. The Bertz CT molecular complexity index is 386. The molecule has 17 heavy (non-hydrogen) atoms. The van der Waals surface area contributed by atoms with Gasteiger partial charge in [0, 0.05) is 22.7 Å². The van der Waals surface area contributed by atoms with Crippen LogP contribution in [0.25, 0.3) is 0 Å². The SMILES string of the molecule is CCCC[C@H](N)c1cc(Cl)ccc1[N+](=O)[O-].Cl. The van der Waals surface area contributed by atoms with E-state index in [-0.39, 0.29) is 24.1 Å². The Balaban J connectivity index is 0.00000256. The summed E-state index contributed by atoms with van der Waals surface area (Å²) >= 11 is 5.82. The van der Waals surface area contributed by atoms with Gasteiger partial charge in [-0.25, -0.2) is 0 Å². The second-order valence-corrected chi connectivity index (χ2v) is 4.15. The van der Waals surface area contributed by atoms with Crippen molar-refractivity contribution in [2.75, 3.05) is 0 Å². The number of hydrogen-bond donors (Lipinski definition) is 1. The molecule has 0 amide bonds. The van der Waals surface area contributed by atoms with Crippen LogP contribution in [0.5, 0.6) is 0 Å². The molecule has 96 valence electrons. The molecular weight excluding hydrogens is 263 g/mol. The summed E-state index contributed by atoms with van der Waals surface area (Å²) in [5.74, 6) is 0. The van der Waals surface area contributed by atoms with Crippen LogP contribution in [0.15, 0.2) is 18.2 Å². The molecule has 4 nitrogen and oxygen atoms in total. The zero-order valence-corrected chi connectivity index (χ0v) is 11.1. The van der Waals surface area contributed by atoms with Crippen LogP contribution in [0.4, 0.5) is 5.69 Å². The molecule has 0 unspecified atom stereocenters. The van der Waals surface area contributed by atoms with Gasteiger partial charge in [0.1, 0.15) is 0 Å². The molecule has 1 rings (SSSR count). The van der Waals surface area contributed by atoms with Crippen molar-refractivity contribution in [2.24, 2.45) is 5.73 Å². The first-order valence-corrected chi connectivity index (χ1v) is 5.63. The fourth-order valence-corrected chi connectivity index (χ4v) is 1.75. The van der Waals surface area contributed by atoms with Gasteiger partial charge in [-0.15, -0.1) is 12.4 Å². The van der Waals surface area contributed by atoms with Gasteiger partial charge in [0.2, 0.25) is 0 Å². The lowest BCUT2D eigenvalue weighted by Gasteiger charge is -2.11. The molecule has 0 saturated carbocycles. The van der Waals surface area contributed by atoms with E-state index >= 15 is 0 Å². The number of benzene rings is 1. The number of nitrogens with two attached hydrogens (primary N) is 1. The molecule has 6 heteroatoms. The minimum absolute atomic E-state index is 0. The highest BCUT2D eigenvalue weighted by atomic mass is 35.5. The Morgan fingerprint density at radius 3 is 2.71 bits per heavy atom. The van der Waals surface area contributed by atoms with Crippen molar-refractivity contribution in [3.05, 3.63) is 38.9 Å². The zero-order valence-electron chi connectivity index (χ0n) is 9.56. The van der Waals surface area contributed by atoms with E-state index in [2.05, 4.69) is 6.92 Å². The van der Waals surface area contributed by atoms with Crippen LogP contribution in [0.2, 0.25) is 5.02 Å². The van der Waals surface area contributed by atoms with Gasteiger partial charge in [0.05, 0.1) is 4.92 Å². The van der Waals surface area contributed by atoms with Crippen LogP contribution < -0.4 is 5.73 Å². The van der Waals surface area contributed by atoms with Gasteiger partial charge in [-0.2, -0.15) is 0 Å². The van der Waals surface area contributed by atoms with Gasteiger partial charge < -0.3 is 5.73 Å². The monoisotopic (exact) mass is 278 g/mol. The van der Waals surface area contributed by atoms with E-state index < -0.39 is 4.92 Å². The van der Waals surface area contributed by atoms with E-state index in [1.54, 1.807) is 6.07 Å². The maximum absolute atomic E-state index is 10.8. The van der Waals surface area contributed by atoms with Crippen LogP contribution in [0, 0.1) is 10.1 Å². The summed E-state index contributed by atoms with van der Waals surface area (Å²) in [5, 5.41) is 11.3. The molecule has 0 aliphatic heterocycles. The highest BCUT2D eigenvalue weighted by molar-refractivity contribution is 6.30. The van der Waals surface area contributed by atoms with E-state index in [4.69, 9.17) is 17.3 Å². The normalized spacial score (nSPS) is 11.7. The predicted octanol–water partition coefficient (Wildman–Crippen LogP) is 3.86. The molecule has 1 aromatic carbocycles.